The first-order valence-corrected chi connectivity index (χ1v) is 7.61. The molecule has 2 fully saturated rings. The summed E-state index contributed by atoms with van der Waals surface area (Å²) in [5.74, 6) is 2.62. The van der Waals surface area contributed by atoms with E-state index in [9.17, 15) is 4.79 Å². The van der Waals surface area contributed by atoms with Crippen LogP contribution in [0.5, 0.6) is 11.5 Å². The molecule has 2 heterocycles. The molecule has 2 aliphatic rings. The van der Waals surface area contributed by atoms with Crippen LogP contribution in [0.15, 0.2) is 24.3 Å². The number of carbonyl (C=O) groups excluding carboxylic acids is 1. The fourth-order valence-electron chi connectivity index (χ4n) is 3.13. The summed E-state index contributed by atoms with van der Waals surface area (Å²) >= 11 is 0. The Morgan fingerprint density at radius 1 is 1.18 bits per heavy atom. The highest BCUT2D eigenvalue weighted by Crippen LogP contribution is 2.28. The average Bonchev–Trinajstić information content (AvgIpc) is 3.07. The summed E-state index contributed by atoms with van der Waals surface area (Å²) in [6.07, 6.45) is 0. The smallest absolute Gasteiger partial charge is 0.260 e. The Bertz CT molecular complexity index is 500. The van der Waals surface area contributed by atoms with Gasteiger partial charge in [0.2, 0.25) is 0 Å². The Kier molecular flexibility index (Phi) is 5.91. The number of halogens is 1. The summed E-state index contributed by atoms with van der Waals surface area (Å²) in [5, 5.41) is 3.38. The largest absolute Gasteiger partial charge is 0.490 e. The maximum Gasteiger partial charge on any atom is 0.260 e. The van der Waals surface area contributed by atoms with Crippen molar-refractivity contribution >= 4 is 18.3 Å². The molecule has 0 unspecified atom stereocenters. The topological polar surface area (TPSA) is 50.8 Å². The van der Waals surface area contributed by atoms with E-state index in [1.54, 1.807) is 0 Å². The van der Waals surface area contributed by atoms with Crippen molar-refractivity contribution in [1.29, 1.82) is 0 Å². The van der Waals surface area contributed by atoms with Crippen molar-refractivity contribution in [3.8, 4) is 11.5 Å². The minimum atomic E-state index is 0. The molecule has 3 rings (SSSR count). The van der Waals surface area contributed by atoms with E-state index < -0.39 is 0 Å². The van der Waals surface area contributed by atoms with Crippen LogP contribution in [0.3, 0.4) is 0 Å². The number of nitrogens with one attached hydrogen (secondary N) is 1. The first-order valence-electron chi connectivity index (χ1n) is 7.61. The maximum absolute atomic E-state index is 12.3. The lowest BCUT2D eigenvalue weighted by molar-refractivity contribution is -0.132. The van der Waals surface area contributed by atoms with Crippen molar-refractivity contribution < 1.29 is 14.3 Å². The van der Waals surface area contributed by atoms with Crippen molar-refractivity contribution in [3.05, 3.63) is 24.3 Å². The predicted octanol–water partition coefficient (Wildman–Crippen LogP) is 1.56. The zero-order valence-corrected chi connectivity index (χ0v) is 13.6. The molecule has 2 saturated heterocycles. The Hall–Kier alpha value is -1.46. The van der Waals surface area contributed by atoms with Crippen LogP contribution in [0.2, 0.25) is 0 Å². The minimum absolute atomic E-state index is 0. The predicted molar refractivity (Wildman–Crippen MR) is 86.8 cm³/mol. The Balaban J connectivity index is 0.00000176. The highest BCUT2D eigenvalue weighted by molar-refractivity contribution is 5.85. The quantitative estimate of drug-likeness (QED) is 0.892. The summed E-state index contributed by atoms with van der Waals surface area (Å²) < 4.78 is 11.2. The van der Waals surface area contributed by atoms with Crippen LogP contribution in [0.1, 0.15) is 6.92 Å². The van der Waals surface area contributed by atoms with Gasteiger partial charge in [-0.25, -0.2) is 0 Å². The number of likely N-dealkylation sites (tertiary alicyclic amines) is 1. The van der Waals surface area contributed by atoms with Gasteiger partial charge in [-0.1, -0.05) is 12.1 Å². The molecule has 0 aromatic heterocycles. The summed E-state index contributed by atoms with van der Waals surface area (Å²) in [6.45, 7) is 6.36. The highest BCUT2D eigenvalue weighted by atomic mass is 35.5. The van der Waals surface area contributed by atoms with E-state index in [1.807, 2.05) is 36.1 Å². The molecular weight excluding hydrogens is 304 g/mol. The van der Waals surface area contributed by atoms with E-state index in [4.69, 9.17) is 9.47 Å². The Morgan fingerprint density at radius 3 is 2.36 bits per heavy atom. The zero-order chi connectivity index (χ0) is 14.7. The van der Waals surface area contributed by atoms with E-state index >= 15 is 0 Å². The van der Waals surface area contributed by atoms with Crippen LogP contribution >= 0.6 is 12.4 Å². The van der Waals surface area contributed by atoms with Crippen LogP contribution in [0.25, 0.3) is 0 Å². The molecule has 0 bridgehead atoms. The second-order valence-corrected chi connectivity index (χ2v) is 5.65. The number of rotatable bonds is 5. The van der Waals surface area contributed by atoms with Gasteiger partial charge in [0.05, 0.1) is 6.61 Å². The van der Waals surface area contributed by atoms with Crippen LogP contribution in [-0.2, 0) is 4.79 Å². The fraction of sp³-hybridized carbons (Fsp3) is 0.562. The number of nitrogens with zero attached hydrogens (tertiary/aromatic N) is 1. The molecule has 1 N–H and O–H groups in total. The average molecular weight is 327 g/mol. The maximum atomic E-state index is 12.3. The van der Waals surface area contributed by atoms with Crippen LogP contribution in [-0.4, -0.2) is 50.2 Å². The normalized spacial score (nSPS) is 22.9. The summed E-state index contributed by atoms with van der Waals surface area (Å²) in [6, 6.07) is 7.47. The van der Waals surface area contributed by atoms with E-state index in [0.717, 1.165) is 26.2 Å². The third-order valence-corrected chi connectivity index (χ3v) is 4.24. The molecule has 0 radical (unpaired) electrons. The number of amides is 1. The number of carbonyl (C=O) groups is 1. The molecule has 122 valence electrons. The van der Waals surface area contributed by atoms with Gasteiger partial charge < -0.3 is 19.7 Å². The molecule has 0 saturated carbocycles. The lowest BCUT2D eigenvalue weighted by Crippen LogP contribution is -2.35. The van der Waals surface area contributed by atoms with Crippen molar-refractivity contribution in [2.24, 2.45) is 11.8 Å². The number of hydrogen-bond donors (Lipinski definition) is 1. The molecular formula is C16H23ClN2O3. The molecule has 0 spiro atoms. The Morgan fingerprint density at radius 2 is 1.77 bits per heavy atom. The number of fused-ring (bicyclic) bond motifs is 1. The number of ether oxygens (including phenoxy) is 2. The molecule has 6 heteroatoms. The van der Waals surface area contributed by atoms with Gasteiger partial charge in [-0.15, -0.1) is 12.4 Å². The second-order valence-electron chi connectivity index (χ2n) is 5.65. The van der Waals surface area contributed by atoms with Gasteiger partial charge in [-0.2, -0.15) is 0 Å². The molecule has 22 heavy (non-hydrogen) atoms. The van der Waals surface area contributed by atoms with E-state index in [-0.39, 0.29) is 24.9 Å². The first kappa shape index (κ1) is 16.9. The highest BCUT2D eigenvalue weighted by Gasteiger charge is 2.38. The molecule has 2 atom stereocenters. The van der Waals surface area contributed by atoms with Gasteiger partial charge in [-0.3, -0.25) is 4.79 Å². The van der Waals surface area contributed by atoms with Crippen molar-refractivity contribution in [3.63, 3.8) is 0 Å². The van der Waals surface area contributed by atoms with E-state index in [2.05, 4.69) is 5.32 Å². The summed E-state index contributed by atoms with van der Waals surface area (Å²) in [4.78, 5) is 14.2. The Labute approximate surface area is 137 Å². The van der Waals surface area contributed by atoms with Gasteiger partial charge in [0.15, 0.2) is 18.1 Å². The third-order valence-electron chi connectivity index (χ3n) is 4.24. The molecule has 1 amide bonds. The van der Waals surface area contributed by atoms with E-state index in [1.165, 1.54) is 0 Å². The van der Waals surface area contributed by atoms with Crippen LogP contribution in [0.4, 0.5) is 0 Å². The lowest BCUT2D eigenvalue weighted by Gasteiger charge is -2.18. The zero-order valence-electron chi connectivity index (χ0n) is 12.8. The lowest BCUT2D eigenvalue weighted by atomic mass is 10.0. The van der Waals surface area contributed by atoms with Crippen molar-refractivity contribution in [2.75, 3.05) is 39.4 Å². The fourth-order valence-corrected chi connectivity index (χ4v) is 3.13. The molecule has 1 aromatic carbocycles. The molecule has 1 aromatic rings. The van der Waals surface area contributed by atoms with Crippen LogP contribution in [0, 0.1) is 11.8 Å². The molecule has 0 aliphatic carbocycles. The molecule has 5 nitrogen and oxygen atoms in total. The third kappa shape index (κ3) is 3.65. The minimum Gasteiger partial charge on any atom is -0.490 e. The monoisotopic (exact) mass is 326 g/mol. The first-order chi connectivity index (χ1) is 10.3. The van der Waals surface area contributed by atoms with Crippen molar-refractivity contribution in [1.82, 2.24) is 10.2 Å². The number of hydrogen-bond acceptors (Lipinski definition) is 4. The van der Waals surface area contributed by atoms with Crippen LogP contribution < -0.4 is 14.8 Å². The SMILES string of the molecule is CCOc1ccccc1OCC(=O)N1C[C@H]2CNC[C@H]2C1.Cl. The van der Waals surface area contributed by atoms with E-state index in [0.29, 0.717) is 29.9 Å². The van der Waals surface area contributed by atoms with Gasteiger partial charge >= 0.3 is 0 Å². The van der Waals surface area contributed by atoms with Crippen molar-refractivity contribution in [2.45, 2.75) is 6.92 Å². The summed E-state index contributed by atoms with van der Waals surface area (Å²) in [7, 11) is 0. The summed E-state index contributed by atoms with van der Waals surface area (Å²) in [5.41, 5.74) is 0. The van der Waals surface area contributed by atoms with Gasteiger partial charge in [0.25, 0.3) is 5.91 Å². The number of benzene rings is 1. The van der Waals surface area contributed by atoms with Gasteiger partial charge in [0.1, 0.15) is 0 Å². The van der Waals surface area contributed by atoms with Gasteiger partial charge in [0, 0.05) is 26.2 Å². The van der Waals surface area contributed by atoms with Gasteiger partial charge in [-0.05, 0) is 30.9 Å². The standard InChI is InChI=1S/C16H22N2O3.ClH/c1-2-20-14-5-3-4-6-15(14)21-11-16(19)18-9-12-7-17-8-13(12)10-18;/h3-6,12-13,17H,2,7-11H2,1H3;1H/t12-,13+;. The second kappa shape index (κ2) is 7.70. The molecule has 2 aliphatic heterocycles. The number of para-hydroxylation sites is 2.